The fourth-order valence-electron chi connectivity index (χ4n) is 2.71. The van der Waals surface area contributed by atoms with Crippen molar-refractivity contribution < 1.29 is 9.90 Å². The van der Waals surface area contributed by atoms with E-state index in [2.05, 4.69) is 15.2 Å². The molecule has 0 saturated carbocycles. The molecule has 1 fully saturated rings. The molecule has 2 heterocycles. The highest BCUT2D eigenvalue weighted by molar-refractivity contribution is 5.99. The lowest BCUT2D eigenvalue weighted by molar-refractivity contribution is 0.0697. The van der Waals surface area contributed by atoms with Crippen LogP contribution in [0.2, 0.25) is 0 Å². The lowest BCUT2D eigenvalue weighted by Gasteiger charge is -2.32. The van der Waals surface area contributed by atoms with Gasteiger partial charge in [0.2, 0.25) is 0 Å². The highest BCUT2D eigenvalue weighted by atomic mass is 16.4. The second-order valence-corrected chi connectivity index (χ2v) is 4.98. The van der Waals surface area contributed by atoms with E-state index in [1.807, 2.05) is 18.2 Å². The van der Waals surface area contributed by atoms with Crippen LogP contribution in [0.1, 0.15) is 10.4 Å². The summed E-state index contributed by atoms with van der Waals surface area (Å²) in [5.41, 5.74) is 3.09. The molecule has 0 amide bonds. The maximum absolute atomic E-state index is 11.6. The molecule has 0 spiro atoms. The Kier molecular flexibility index (Phi) is 3.83. The van der Waals surface area contributed by atoms with Gasteiger partial charge in [0.15, 0.2) is 0 Å². The summed E-state index contributed by atoms with van der Waals surface area (Å²) < 4.78 is 0. The second kappa shape index (κ2) is 5.93. The second-order valence-electron chi connectivity index (χ2n) is 4.98. The van der Waals surface area contributed by atoms with Gasteiger partial charge in [0, 0.05) is 44.1 Å². The Balaban J connectivity index is 2.15. The number of pyridine rings is 1. The van der Waals surface area contributed by atoms with Gasteiger partial charge in [-0.1, -0.05) is 12.1 Å². The van der Waals surface area contributed by atoms with E-state index in [0.717, 1.165) is 43.0 Å². The minimum atomic E-state index is -0.889. The van der Waals surface area contributed by atoms with Gasteiger partial charge in [0.25, 0.3) is 0 Å². The number of carboxylic acid groups (broad SMARTS) is 1. The molecule has 0 unspecified atom stereocenters. The summed E-state index contributed by atoms with van der Waals surface area (Å²) >= 11 is 0. The number of piperazine rings is 1. The molecule has 1 aliphatic heterocycles. The van der Waals surface area contributed by atoms with Gasteiger partial charge >= 0.3 is 5.97 Å². The first-order valence-corrected chi connectivity index (χ1v) is 7.00. The van der Waals surface area contributed by atoms with Crippen molar-refractivity contribution in [1.82, 2.24) is 10.3 Å². The predicted molar refractivity (Wildman–Crippen MR) is 81.7 cm³/mol. The summed E-state index contributed by atoms with van der Waals surface area (Å²) in [5.74, 6) is -0.889. The number of rotatable bonds is 3. The van der Waals surface area contributed by atoms with Crippen molar-refractivity contribution in [3.05, 3.63) is 48.3 Å². The molecule has 1 aromatic heterocycles. The van der Waals surface area contributed by atoms with Gasteiger partial charge in [0.05, 0.1) is 11.3 Å². The van der Waals surface area contributed by atoms with Crippen LogP contribution in [0.3, 0.4) is 0 Å². The van der Waals surface area contributed by atoms with Crippen LogP contribution < -0.4 is 10.2 Å². The summed E-state index contributed by atoms with van der Waals surface area (Å²) in [6, 6.07) is 9.26. The molecule has 0 aliphatic carbocycles. The van der Waals surface area contributed by atoms with E-state index < -0.39 is 5.97 Å². The zero-order valence-corrected chi connectivity index (χ0v) is 11.6. The third-order valence-electron chi connectivity index (χ3n) is 3.69. The maximum atomic E-state index is 11.6. The average molecular weight is 283 g/mol. The van der Waals surface area contributed by atoms with Crippen LogP contribution in [0.5, 0.6) is 0 Å². The lowest BCUT2D eigenvalue weighted by atomic mass is 9.99. The predicted octanol–water partition coefficient (Wildman–Crippen LogP) is 1.86. The van der Waals surface area contributed by atoms with Crippen molar-refractivity contribution in [2.75, 3.05) is 31.1 Å². The number of para-hydroxylation sites is 1. The lowest BCUT2D eigenvalue weighted by Crippen LogP contribution is -2.44. The molecule has 2 N–H and O–H groups in total. The van der Waals surface area contributed by atoms with Crippen molar-refractivity contribution in [3.8, 4) is 11.1 Å². The van der Waals surface area contributed by atoms with Crippen molar-refractivity contribution in [1.29, 1.82) is 0 Å². The zero-order valence-electron chi connectivity index (χ0n) is 11.6. The average Bonchev–Trinajstić information content (AvgIpc) is 2.55. The first-order valence-electron chi connectivity index (χ1n) is 7.00. The molecule has 0 atom stereocenters. The Morgan fingerprint density at radius 1 is 1.14 bits per heavy atom. The summed E-state index contributed by atoms with van der Waals surface area (Å²) in [6.07, 6.45) is 3.45. The smallest absolute Gasteiger partial charge is 0.337 e. The Hall–Kier alpha value is -2.40. The van der Waals surface area contributed by atoms with Crippen molar-refractivity contribution >= 4 is 11.7 Å². The fraction of sp³-hybridized carbons (Fsp3) is 0.250. The van der Waals surface area contributed by atoms with Crippen LogP contribution in [0.4, 0.5) is 5.69 Å². The Morgan fingerprint density at radius 2 is 1.86 bits per heavy atom. The zero-order chi connectivity index (χ0) is 14.7. The third kappa shape index (κ3) is 2.73. The van der Waals surface area contributed by atoms with Crippen LogP contribution in [-0.2, 0) is 0 Å². The number of aromatic carboxylic acids is 1. The summed E-state index contributed by atoms with van der Waals surface area (Å²) in [6.45, 7) is 3.35. The number of anilines is 1. The molecule has 1 aromatic carbocycles. The van der Waals surface area contributed by atoms with Gasteiger partial charge < -0.3 is 15.3 Å². The quantitative estimate of drug-likeness (QED) is 0.900. The number of carbonyl (C=O) groups is 1. The number of hydrogen-bond donors (Lipinski definition) is 2. The van der Waals surface area contributed by atoms with Crippen LogP contribution in [-0.4, -0.2) is 42.2 Å². The van der Waals surface area contributed by atoms with Gasteiger partial charge in [0.1, 0.15) is 0 Å². The third-order valence-corrected chi connectivity index (χ3v) is 3.69. The van der Waals surface area contributed by atoms with E-state index >= 15 is 0 Å². The van der Waals surface area contributed by atoms with Gasteiger partial charge in [-0.15, -0.1) is 0 Å². The molecule has 0 radical (unpaired) electrons. The minimum absolute atomic E-state index is 0.353. The van der Waals surface area contributed by atoms with E-state index in [1.54, 1.807) is 24.5 Å². The molecule has 21 heavy (non-hydrogen) atoms. The number of aromatic nitrogens is 1. The summed E-state index contributed by atoms with van der Waals surface area (Å²) in [7, 11) is 0. The summed E-state index contributed by atoms with van der Waals surface area (Å²) in [5, 5.41) is 12.8. The largest absolute Gasteiger partial charge is 0.478 e. The fourth-order valence-corrected chi connectivity index (χ4v) is 2.71. The number of nitrogens with zero attached hydrogens (tertiary/aromatic N) is 2. The van der Waals surface area contributed by atoms with E-state index in [9.17, 15) is 9.90 Å². The van der Waals surface area contributed by atoms with Gasteiger partial charge in [-0.05, 0) is 23.8 Å². The van der Waals surface area contributed by atoms with Gasteiger partial charge in [-0.3, -0.25) is 4.98 Å². The number of nitrogens with one attached hydrogen (secondary N) is 1. The summed E-state index contributed by atoms with van der Waals surface area (Å²) in [4.78, 5) is 17.8. The first kappa shape index (κ1) is 13.6. The SMILES string of the molecule is O=C(O)c1cccc(-c2ccncc2)c1N1CCNCC1. The monoisotopic (exact) mass is 283 g/mol. The van der Waals surface area contributed by atoms with Crippen LogP contribution in [0.15, 0.2) is 42.7 Å². The molecule has 5 heteroatoms. The Bertz CT molecular complexity index is 637. The van der Waals surface area contributed by atoms with Crippen molar-refractivity contribution in [3.63, 3.8) is 0 Å². The Morgan fingerprint density at radius 3 is 2.52 bits per heavy atom. The number of hydrogen-bond acceptors (Lipinski definition) is 4. The molecule has 2 aromatic rings. The molecule has 3 rings (SSSR count). The van der Waals surface area contributed by atoms with E-state index in [4.69, 9.17) is 0 Å². The first-order chi connectivity index (χ1) is 10.3. The van der Waals surface area contributed by atoms with E-state index in [1.165, 1.54) is 0 Å². The number of carboxylic acids is 1. The van der Waals surface area contributed by atoms with Crippen LogP contribution >= 0.6 is 0 Å². The molecular formula is C16H17N3O2. The van der Waals surface area contributed by atoms with Crippen LogP contribution in [0.25, 0.3) is 11.1 Å². The standard InChI is InChI=1S/C16H17N3O2/c20-16(21)14-3-1-2-13(12-4-6-17-7-5-12)15(14)19-10-8-18-9-11-19/h1-7,18H,8-11H2,(H,20,21). The normalized spacial score (nSPS) is 15.0. The minimum Gasteiger partial charge on any atom is -0.478 e. The molecule has 108 valence electrons. The molecule has 1 saturated heterocycles. The Labute approximate surface area is 123 Å². The highest BCUT2D eigenvalue weighted by Crippen LogP contribution is 2.34. The highest BCUT2D eigenvalue weighted by Gasteiger charge is 2.21. The molecular weight excluding hydrogens is 266 g/mol. The van der Waals surface area contributed by atoms with Crippen molar-refractivity contribution in [2.45, 2.75) is 0 Å². The topological polar surface area (TPSA) is 65.5 Å². The molecule has 5 nitrogen and oxygen atoms in total. The number of benzene rings is 1. The molecule has 0 bridgehead atoms. The maximum Gasteiger partial charge on any atom is 0.337 e. The van der Waals surface area contributed by atoms with Gasteiger partial charge in [-0.2, -0.15) is 0 Å². The van der Waals surface area contributed by atoms with Crippen LogP contribution in [0, 0.1) is 0 Å². The van der Waals surface area contributed by atoms with Gasteiger partial charge in [-0.25, -0.2) is 4.79 Å². The van der Waals surface area contributed by atoms with E-state index in [-0.39, 0.29) is 0 Å². The molecule has 1 aliphatic rings. The van der Waals surface area contributed by atoms with E-state index in [0.29, 0.717) is 5.56 Å². The van der Waals surface area contributed by atoms with Crippen molar-refractivity contribution in [2.24, 2.45) is 0 Å².